The fraction of sp³-hybridized carbons (Fsp3) is 0.238. The average Bonchev–Trinajstić information content (AvgIpc) is 3.32. The first-order valence-corrected chi connectivity index (χ1v) is 9.82. The van der Waals surface area contributed by atoms with Gasteiger partial charge in [-0.05, 0) is 55.5 Å². The van der Waals surface area contributed by atoms with Crippen LogP contribution in [0.5, 0.6) is 0 Å². The minimum Gasteiger partial charge on any atom is -0.451 e. The zero-order chi connectivity index (χ0) is 20.6. The van der Waals surface area contributed by atoms with Crippen LogP contribution in [0, 0.1) is 11.3 Å². The first-order chi connectivity index (χ1) is 13.9. The van der Waals surface area contributed by atoms with Gasteiger partial charge < -0.3 is 9.73 Å². The van der Waals surface area contributed by atoms with E-state index in [1.165, 1.54) is 35.6 Å². The monoisotopic (exact) mass is 416 g/mol. The number of halogens is 3. The molecule has 4 rings (SSSR count). The largest absolute Gasteiger partial charge is 0.451 e. The van der Waals surface area contributed by atoms with Crippen LogP contribution in [0.15, 0.2) is 40.8 Å². The number of hydrogen-bond donors (Lipinski definition) is 1. The number of furan rings is 1. The molecule has 3 aromatic rings. The Kier molecular flexibility index (Phi) is 4.92. The summed E-state index contributed by atoms with van der Waals surface area (Å²) < 4.78 is 44.2. The second kappa shape index (κ2) is 7.41. The van der Waals surface area contributed by atoms with Crippen LogP contribution < -0.4 is 5.32 Å². The summed E-state index contributed by atoms with van der Waals surface area (Å²) in [5.41, 5.74) is 0.925. The predicted octanol–water partition coefficient (Wildman–Crippen LogP) is 6.03. The van der Waals surface area contributed by atoms with Crippen molar-refractivity contribution < 1.29 is 22.4 Å². The average molecular weight is 416 g/mol. The molecule has 0 spiro atoms. The first kappa shape index (κ1) is 19.3. The van der Waals surface area contributed by atoms with Crippen molar-refractivity contribution >= 4 is 22.2 Å². The molecule has 0 aliphatic heterocycles. The standard InChI is InChI=1S/C21H15F3N2O2S/c22-21(23,24)13-5-3-4-12(10-13)16-8-9-17(28-16)19(27)26-20-15(11-25)14-6-1-2-7-18(14)29-20/h3-5,8-10H,1-2,6-7H2,(H,26,27). The number of carbonyl (C=O) groups is 1. The van der Waals surface area contributed by atoms with Crippen molar-refractivity contribution in [3.05, 3.63) is 63.7 Å². The summed E-state index contributed by atoms with van der Waals surface area (Å²) in [4.78, 5) is 13.7. The van der Waals surface area contributed by atoms with E-state index in [0.717, 1.165) is 48.3 Å². The van der Waals surface area contributed by atoms with Gasteiger partial charge in [0.05, 0.1) is 11.1 Å². The van der Waals surface area contributed by atoms with Crippen LogP contribution in [0.1, 0.15) is 45.0 Å². The normalized spacial score (nSPS) is 13.6. The smallest absolute Gasteiger partial charge is 0.416 e. The maximum atomic E-state index is 12.9. The van der Waals surface area contributed by atoms with Gasteiger partial charge in [-0.1, -0.05) is 12.1 Å². The minimum atomic E-state index is -4.46. The zero-order valence-corrected chi connectivity index (χ0v) is 15.9. The molecule has 0 bridgehead atoms. The number of benzene rings is 1. The number of anilines is 1. The van der Waals surface area contributed by atoms with E-state index in [1.54, 1.807) is 0 Å². The van der Waals surface area contributed by atoms with Crippen molar-refractivity contribution in [3.63, 3.8) is 0 Å². The first-order valence-electron chi connectivity index (χ1n) is 9.00. The van der Waals surface area contributed by atoms with E-state index >= 15 is 0 Å². The molecule has 1 aliphatic rings. The summed E-state index contributed by atoms with van der Waals surface area (Å²) >= 11 is 1.40. The number of fused-ring (bicyclic) bond motifs is 1. The van der Waals surface area contributed by atoms with Gasteiger partial charge in [-0.15, -0.1) is 11.3 Å². The number of hydrogen-bond acceptors (Lipinski definition) is 4. The van der Waals surface area contributed by atoms with Gasteiger partial charge >= 0.3 is 6.18 Å². The van der Waals surface area contributed by atoms with Crippen molar-refractivity contribution in [2.75, 3.05) is 5.32 Å². The van der Waals surface area contributed by atoms with Gasteiger partial charge in [0.1, 0.15) is 16.8 Å². The van der Waals surface area contributed by atoms with Gasteiger partial charge in [0.2, 0.25) is 0 Å². The number of nitriles is 1. The van der Waals surface area contributed by atoms with E-state index in [4.69, 9.17) is 4.42 Å². The van der Waals surface area contributed by atoms with E-state index in [1.807, 2.05) is 0 Å². The molecular formula is C21H15F3N2O2S. The van der Waals surface area contributed by atoms with Crippen molar-refractivity contribution in [1.29, 1.82) is 5.26 Å². The number of alkyl halides is 3. The van der Waals surface area contributed by atoms with E-state index in [9.17, 15) is 23.2 Å². The number of nitrogens with one attached hydrogen (secondary N) is 1. The highest BCUT2D eigenvalue weighted by Gasteiger charge is 2.30. The SMILES string of the molecule is N#Cc1c(NC(=O)c2ccc(-c3cccc(C(F)(F)F)c3)o2)sc2c1CCCC2. The van der Waals surface area contributed by atoms with Crippen molar-refractivity contribution in [2.24, 2.45) is 0 Å². The van der Waals surface area contributed by atoms with E-state index < -0.39 is 17.6 Å². The Hall–Kier alpha value is -3.05. The Morgan fingerprint density at radius 2 is 1.97 bits per heavy atom. The molecule has 1 aliphatic carbocycles. The quantitative estimate of drug-likeness (QED) is 0.567. The summed E-state index contributed by atoms with van der Waals surface area (Å²) in [6.45, 7) is 0. The van der Waals surface area contributed by atoms with Crippen LogP contribution in [0.2, 0.25) is 0 Å². The summed E-state index contributed by atoms with van der Waals surface area (Å²) in [6.07, 6.45) is -0.667. The molecule has 2 aromatic heterocycles. The van der Waals surface area contributed by atoms with Gasteiger partial charge in [-0.2, -0.15) is 18.4 Å². The van der Waals surface area contributed by atoms with Crippen LogP contribution in [-0.2, 0) is 19.0 Å². The third kappa shape index (κ3) is 3.78. The summed E-state index contributed by atoms with van der Waals surface area (Å²) in [5, 5.41) is 12.7. The third-order valence-electron chi connectivity index (χ3n) is 4.81. The van der Waals surface area contributed by atoms with E-state index in [2.05, 4.69) is 11.4 Å². The molecule has 0 atom stereocenters. The Morgan fingerprint density at radius 1 is 1.17 bits per heavy atom. The third-order valence-corrected chi connectivity index (χ3v) is 6.02. The molecule has 0 unspecified atom stereocenters. The molecule has 8 heteroatoms. The molecule has 0 saturated heterocycles. The molecular weight excluding hydrogens is 401 g/mol. The fourth-order valence-corrected chi connectivity index (χ4v) is 4.64. The zero-order valence-electron chi connectivity index (χ0n) is 15.1. The highest BCUT2D eigenvalue weighted by atomic mass is 32.1. The molecule has 0 saturated carbocycles. The molecule has 2 heterocycles. The van der Waals surface area contributed by atoms with Gasteiger partial charge in [0, 0.05) is 10.4 Å². The lowest BCUT2D eigenvalue weighted by molar-refractivity contribution is -0.137. The molecule has 1 aromatic carbocycles. The molecule has 0 fully saturated rings. The lowest BCUT2D eigenvalue weighted by Crippen LogP contribution is -2.10. The number of aryl methyl sites for hydroxylation is 1. The molecule has 0 radical (unpaired) electrons. The number of rotatable bonds is 3. The molecule has 29 heavy (non-hydrogen) atoms. The highest BCUT2D eigenvalue weighted by Crippen LogP contribution is 2.38. The van der Waals surface area contributed by atoms with Gasteiger partial charge in [-0.3, -0.25) is 4.79 Å². The molecule has 148 valence electrons. The highest BCUT2D eigenvalue weighted by molar-refractivity contribution is 7.16. The lowest BCUT2D eigenvalue weighted by Gasteiger charge is -2.09. The summed E-state index contributed by atoms with van der Waals surface area (Å²) in [7, 11) is 0. The van der Waals surface area contributed by atoms with E-state index in [-0.39, 0.29) is 17.1 Å². The Bertz CT molecular complexity index is 1120. The number of amides is 1. The number of carbonyl (C=O) groups excluding carboxylic acids is 1. The maximum absolute atomic E-state index is 12.9. The van der Waals surface area contributed by atoms with E-state index in [0.29, 0.717) is 10.6 Å². The predicted molar refractivity (Wildman–Crippen MR) is 103 cm³/mol. The van der Waals surface area contributed by atoms with Crippen LogP contribution >= 0.6 is 11.3 Å². The van der Waals surface area contributed by atoms with Crippen molar-refractivity contribution in [1.82, 2.24) is 0 Å². The van der Waals surface area contributed by atoms with Crippen LogP contribution in [0.25, 0.3) is 11.3 Å². The van der Waals surface area contributed by atoms with Gasteiger partial charge in [0.25, 0.3) is 5.91 Å². The van der Waals surface area contributed by atoms with Crippen LogP contribution in [0.4, 0.5) is 18.2 Å². The summed E-state index contributed by atoms with van der Waals surface area (Å²) in [5.74, 6) is -0.418. The molecule has 1 amide bonds. The van der Waals surface area contributed by atoms with Gasteiger partial charge in [-0.25, -0.2) is 0 Å². The Labute approximate surface area is 168 Å². The second-order valence-electron chi connectivity index (χ2n) is 6.72. The Morgan fingerprint density at radius 3 is 2.72 bits per heavy atom. The topological polar surface area (TPSA) is 66.0 Å². The van der Waals surface area contributed by atoms with Crippen LogP contribution in [-0.4, -0.2) is 5.91 Å². The second-order valence-corrected chi connectivity index (χ2v) is 7.83. The van der Waals surface area contributed by atoms with Crippen molar-refractivity contribution in [3.8, 4) is 17.4 Å². The minimum absolute atomic E-state index is 0.0346. The lowest BCUT2D eigenvalue weighted by atomic mass is 9.96. The molecule has 4 nitrogen and oxygen atoms in total. The van der Waals surface area contributed by atoms with Crippen LogP contribution in [0.3, 0.4) is 0 Å². The fourth-order valence-electron chi connectivity index (χ4n) is 3.40. The van der Waals surface area contributed by atoms with Gasteiger partial charge in [0.15, 0.2) is 5.76 Å². The number of nitrogens with zero attached hydrogens (tertiary/aromatic N) is 1. The number of thiophene rings is 1. The van der Waals surface area contributed by atoms with Crippen molar-refractivity contribution in [2.45, 2.75) is 31.9 Å². The molecule has 1 N–H and O–H groups in total. The Balaban J connectivity index is 1.57. The summed E-state index contributed by atoms with van der Waals surface area (Å²) in [6, 6.07) is 9.75. The maximum Gasteiger partial charge on any atom is 0.416 e.